The third-order valence-electron chi connectivity index (χ3n) is 8.24. The predicted molar refractivity (Wildman–Crippen MR) is 166 cm³/mol. The molecule has 2 amide bonds. The molecule has 6 nitrogen and oxygen atoms in total. The molecule has 2 unspecified atom stereocenters. The van der Waals surface area contributed by atoms with E-state index in [0.717, 1.165) is 32.7 Å². The number of nitrogens with one attached hydrogen (secondary N) is 2. The minimum absolute atomic E-state index is 0.00286. The van der Waals surface area contributed by atoms with Crippen molar-refractivity contribution in [2.45, 2.75) is 64.6 Å². The molecular formula is C35H42N2O4. The Hall–Kier alpha value is -3.74. The highest BCUT2D eigenvalue weighted by molar-refractivity contribution is 6.05. The second kappa shape index (κ2) is 12.4. The lowest BCUT2D eigenvalue weighted by Gasteiger charge is -2.33. The van der Waals surface area contributed by atoms with E-state index in [0.29, 0.717) is 12.8 Å². The Labute approximate surface area is 242 Å². The summed E-state index contributed by atoms with van der Waals surface area (Å²) in [5, 5.41) is 32.4. The van der Waals surface area contributed by atoms with Crippen molar-refractivity contribution < 1.29 is 19.8 Å². The summed E-state index contributed by atoms with van der Waals surface area (Å²) in [6.07, 6.45) is 1.28. The van der Waals surface area contributed by atoms with Crippen LogP contribution in [0.5, 0.6) is 0 Å². The molecule has 0 aliphatic rings. The van der Waals surface area contributed by atoms with Crippen molar-refractivity contribution in [2.75, 3.05) is 13.1 Å². The number of fused-ring (bicyclic) bond motifs is 2. The van der Waals surface area contributed by atoms with E-state index in [1.807, 2.05) is 98.8 Å². The summed E-state index contributed by atoms with van der Waals surface area (Å²) < 4.78 is 0. The molecule has 0 saturated heterocycles. The first kappa shape index (κ1) is 30.2. The second-order valence-corrected chi connectivity index (χ2v) is 11.8. The van der Waals surface area contributed by atoms with Gasteiger partial charge in [-0.05, 0) is 59.4 Å². The van der Waals surface area contributed by atoms with Gasteiger partial charge in [0.1, 0.15) is 5.41 Å². The minimum Gasteiger partial charge on any atom is -0.388 e. The van der Waals surface area contributed by atoms with Crippen molar-refractivity contribution in [3.05, 3.63) is 96.1 Å². The summed E-state index contributed by atoms with van der Waals surface area (Å²) in [4.78, 5) is 27.0. The number of rotatable bonds is 12. The summed E-state index contributed by atoms with van der Waals surface area (Å²) >= 11 is 0. The van der Waals surface area contributed by atoms with Gasteiger partial charge in [-0.3, -0.25) is 9.59 Å². The van der Waals surface area contributed by atoms with E-state index < -0.39 is 28.4 Å². The van der Waals surface area contributed by atoms with Crippen molar-refractivity contribution >= 4 is 33.4 Å². The molecule has 0 fully saturated rings. The van der Waals surface area contributed by atoms with Crippen molar-refractivity contribution in [2.24, 2.45) is 5.41 Å². The molecule has 216 valence electrons. The summed E-state index contributed by atoms with van der Waals surface area (Å²) in [5.41, 5.74) is -1.76. The molecule has 0 aromatic heterocycles. The Morgan fingerprint density at radius 2 is 0.976 bits per heavy atom. The Kier molecular flexibility index (Phi) is 9.15. The van der Waals surface area contributed by atoms with E-state index in [2.05, 4.69) is 10.6 Å². The van der Waals surface area contributed by atoms with Crippen LogP contribution in [-0.2, 0) is 22.4 Å². The average molecular weight is 555 g/mol. The summed E-state index contributed by atoms with van der Waals surface area (Å²) in [6, 6.07) is 28.0. The van der Waals surface area contributed by atoms with Gasteiger partial charge < -0.3 is 20.8 Å². The maximum absolute atomic E-state index is 13.5. The van der Waals surface area contributed by atoms with Crippen LogP contribution in [-0.4, -0.2) is 46.3 Å². The number of hydrogen-bond acceptors (Lipinski definition) is 4. The van der Waals surface area contributed by atoms with Gasteiger partial charge in [0, 0.05) is 25.9 Å². The zero-order chi connectivity index (χ0) is 29.7. The third kappa shape index (κ3) is 6.95. The smallest absolute Gasteiger partial charge is 0.235 e. The zero-order valence-electron chi connectivity index (χ0n) is 24.5. The first-order valence-corrected chi connectivity index (χ1v) is 14.4. The summed E-state index contributed by atoms with van der Waals surface area (Å²) in [5.74, 6) is -0.848. The van der Waals surface area contributed by atoms with Crippen LogP contribution in [0, 0.1) is 5.41 Å². The Morgan fingerprint density at radius 1 is 0.610 bits per heavy atom. The Morgan fingerprint density at radius 3 is 1.37 bits per heavy atom. The molecule has 0 heterocycles. The van der Waals surface area contributed by atoms with E-state index in [9.17, 15) is 19.8 Å². The van der Waals surface area contributed by atoms with Crippen molar-refractivity contribution in [1.82, 2.24) is 10.6 Å². The van der Waals surface area contributed by atoms with Gasteiger partial charge in [-0.2, -0.15) is 0 Å². The largest absolute Gasteiger partial charge is 0.388 e. The van der Waals surface area contributed by atoms with Gasteiger partial charge >= 0.3 is 0 Å². The molecule has 4 N–H and O–H groups in total. The Bertz CT molecular complexity index is 1400. The van der Waals surface area contributed by atoms with E-state index >= 15 is 0 Å². The third-order valence-corrected chi connectivity index (χ3v) is 8.24. The van der Waals surface area contributed by atoms with Crippen LogP contribution in [0.15, 0.2) is 84.9 Å². The van der Waals surface area contributed by atoms with Crippen molar-refractivity contribution in [1.29, 1.82) is 0 Å². The van der Waals surface area contributed by atoms with Gasteiger partial charge in [-0.1, -0.05) is 98.8 Å². The first-order chi connectivity index (χ1) is 19.5. The average Bonchev–Trinajstić information content (AvgIpc) is 2.96. The molecule has 0 saturated carbocycles. The fourth-order valence-electron chi connectivity index (χ4n) is 5.71. The van der Waals surface area contributed by atoms with Crippen LogP contribution in [0.3, 0.4) is 0 Å². The molecule has 0 radical (unpaired) electrons. The molecule has 0 bridgehead atoms. The van der Waals surface area contributed by atoms with Crippen LogP contribution in [0.4, 0.5) is 0 Å². The van der Waals surface area contributed by atoms with E-state index in [1.54, 1.807) is 13.8 Å². The predicted octanol–water partition coefficient (Wildman–Crippen LogP) is 5.32. The molecule has 41 heavy (non-hydrogen) atoms. The minimum atomic E-state index is -1.31. The lowest BCUT2D eigenvalue weighted by molar-refractivity contribution is -0.145. The van der Waals surface area contributed by atoms with E-state index in [4.69, 9.17) is 0 Å². The van der Waals surface area contributed by atoms with Crippen LogP contribution >= 0.6 is 0 Å². The van der Waals surface area contributed by atoms with Gasteiger partial charge in [0.05, 0.1) is 11.2 Å². The van der Waals surface area contributed by atoms with Crippen molar-refractivity contribution in [3.8, 4) is 0 Å². The molecule has 4 aromatic rings. The topological polar surface area (TPSA) is 98.7 Å². The number of aliphatic hydroxyl groups is 2. The number of benzene rings is 4. The monoisotopic (exact) mass is 554 g/mol. The number of amides is 2. The lowest BCUT2D eigenvalue weighted by atomic mass is 9.79. The molecule has 0 aliphatic carbocycles. The molecule has 4 rings (SSSR count). The fraction of sp³-hybridized carbons (Fsp3) is 0.371. The standard InChI is InChI=1S/C35H42N2O4/c1-5-35(6-2,31(38)36-23-33(3,40)21-27-17-11-15-25-13-7-9-19-29(25)27)32(39)37-24-34(4,41)22-28-18-12-16-26-14-8-10-20-30(26)28/h7-20,40-41H,5-6,21-24H2,1-4H3,(H,36,38)(H,37,39). The van der Waals surface area contributed by atoms with E-state index in [1.165, 1.54) is 0 Å². The quantitative estimate of drug-likeness (QED) is 0.178. The number of carbonyl (C=O) groups is 2. The fourth-order valence-corrected chi connectivity index (χ4v) is 5.71. The van der Waals surface area contributed by atoms with Gasteiger partial charge in [0.25, 0.3) is 0 Å². The van der Waals surface area contributed by atoms with Crippen LogP contribution in [0.2, 0.25) is 0 Å². The van der Waals surface area contributed by atoms with Gasteiger partial charge in [-0.25, -0.2) is 0 Å². The Balaban J connectivity index is 1.40. The normalized spacial score (nSPS) is 14.8. The highest BCUT2D eigenvalue weighted by Gasteiger charge is 2.43. The maximum Gasteiger partial charge on any atom is 0.235 e. The van der Waals surface area contributed by atoms with E-state index in [-0.39, 0.29) is 25.9 Å². The van der Waals surface area contributed by atoms with Gasteiger partial charge in [0.2, 0.25) is 11.8 Å². The molecule has 0 aliphatic heterocycles. The van der Waals surface area contributed by atoms with Crippen LogP contribution in [0.25, 0.3) is 21.5 Å². The molecule has 4 aromatic carbocycles. The van der Waals surface area contributed by atoms with Crippen LogP contribution in [0.1, 0.15) is 51.7 Å². The highest BCUT2D eigenvalue weighted by atomic mass is 16.3. The zero-order valence-corrected chi connectivity index (χ0v) is 24.5. The summed E-state index contributed by atoms with van der Waals surface area (Å²) in [6.45, 7) is 7.01. The second-order valence-electron chi connectivity index (χ2n) is 11.8. The number of carbonyl (C=O) groups excluding carboxylic acids is 2. The first-order valence-electron chi connectivity index (χ1n) is 14.4. The van der Waals surface area contributed by atoms with Gasteiger partial charge in [-0.15, -0.1) is 0 Å². The maximum atomic E-state index is 13.5. The highest BCUT2D eigenvalue weighted by Crippen LogP contribution is 2.29. The SMILES string of the molecule is CCC(CC)(C(=O)NCC(C)(O)Cc1cccc2ccccc12)C(=O)NCC(C)(O)Cc1cccc2ccccc12. The number of hydrogen-bond donors (Lipinski definition) is 4. The molecular weight excluding hydrogens is 512 g/mol. The van der Waals surface area contributed by atoms with Crippen molar-refractivity contribution in [3.63, 3.8) is 0 Å². The lowest BCUT2D eigenvalue weighted by Crippen LogP contribution is -2.55. The molecule has 0 spiro atoms. The van der Waals surface area contributed by atoms with Gasteiger partial charge in [0.15, 0.2) is 0 Å². The van der Waals surface area contributed by atoms with Crippen LogP contribution < -0.4 is 10.6 Å². The summed E-state index contributed by atoms with van der Waals surface area (Å²) in [7, 11) is 0. The molecule has 2 atom stereocenters. The molecule has 6 heteroatoms.